The van der Waals surface area contributed by atoms with Crippen molar-refractivity contribution >= 4 is 23.1 Å². The second-order valence-corrected chi connectivity index (χ2v) is 5.55. The van der Waals surface area contributed by atoms with Crippen molar-refractivity contribution in [1.29, 1.82) is 0 Å². The summed E-state index contributed by atoms with van der Waals surface area (Å²) in [7, 11) is 0. The summed E-state index contributed by atoms with van der Waals surface area (Å²) in [4.78, 5) is 24.2. The average Bonchev–Trinajstić information content (AvgIpc) is 3.13. The molecule has 3 aromatic heterocycles. The first kappa shape index (κ1) is 16.7. The molecule has 3 aromatic rings. The van der Waals surface area contributed by atoms with Gasteiger partial charge in [0, 0.05) is 17.4 Å². The Morgan fingerprint density at radius 2 is 2.16 bits per heavy atom. The van der Waals surface area contributed by atoms with E-state index >= 15 is 0 Å². The summed E-state index contributed by atoms with van der Waals surface area (Å²) in [5, 5.41) is 10.8. The highest BCUT2D eigenvalue weighted by Crippen LogP contribution is 2.18. The van der Waals surface area contributed by atoms with Crippen molar-refractivity contribution in [2.75, 3.05) is 11.9 Å². The van der Waals surface area contributed by atoms with Crippen LogP contribution < -0.4 is 5.32 Å². The first-order chi connectivity index (χ1) is 12.0. The molecule has 0 fully saturated rings. The van der Waals surface area contributed by atoms with E-state index in [1.54, 1.807) is 43.6 Å². The van der Waals surface area contributed by atoms with Crippen molar-refractivity contribution in [1.82, 2.24) is 14.8 Å². The zero-order valence-electron chi connectivity index (χ0n) is 14.2. The Balaban J connectivity index is 1.80. The van der Waals surface area contributed by atoms with Gasteiger partial charge in [0.25, 0.3) is 0 Å². The first-order valence-corrected chi connectivity index (χ1v) is 7.85. The molecule has 0 bridgehead atoms. The highest BCUT2D eigenvalue weighted by molar-refractivity contribution is 5.98. The summed E-state index contributed by atoms with van der Waals surface area (Å²) < 4.78 is 11.6. The molecule has 0 aliphatic heterocycles. The van der Waals surface area contributed by atoms with Crippen molar-refractivity contribution in [3.63, 3.8) is 0 Å². The second kappa shape index (κ2) is 6.76. The number of aromatic nitrogens is 3. The van der Waals surface area contributed by atoms with E-state index in [0.29, 0.717) is 28.2 Å². The van der Waals surface area contributed by atoms with E-state index in [1.807, 2.05) is 0 Å². The molecule has 0 aliphatic carbocycles. The largest absolute Gasteiger partial charge is 0.462 e. The quantitative estimate of drug-likeness (QED) is 0.714. The highest BCUT2D eigenvalue weighted by Gasteiger charge is 2.16. The number of fused-ring (bicyclic) bond motifs is 1. The van der Waals surface area contributed by atoms with Gasteiger partial charge in [0.1, 0.15) is 11.3 Å². The average molecular weight is 342 g/mol. The minimum atomic E-state index is -0.448. The maximum absolute atomic E-state index is 12.3. The molecule has 0 spiro atoms. The third kappa shape index (κ3) is 3.37. The van der Waals surface area contributed by atoms with Crippen LogP contribution >= 0.6 is 0 Å². The number of carbonyl (C=O) groups excluding carboxylic acids is 2. The molecule has 0 radical (unpaired) electrons. The van der Waals surface area contributed by atoms with Crippen LogP contribution in [0, 0.1) is 13.8 Å². The van der Waals surface area contributed by atoms with Crippen LogP contribution in [0.2, 0.25) is 0 Å². The highest BCUT2D eigenvalue weighted by atomic mass is 16.5. The van der Waals surface area contributed by atoms with Crippen molar-refractivity contribution in [3.8, 4) is 0 Å². The minimum Gasteiger partial charge on any atom is -0.462 e. The number of rotatable bonds is 5. The zero-order valence-corrected chi connectivity index (χ0v) is 14.2. The van der Waals surface area contributed by atoms with Crippen LogP contribution in [-0.4, -0.2) is 33.3 Å². The maximum Gasteiger partial charge on any atom is 0.341 e. The number of anilines is 1. The van der Waals surface area contributed by atoms with Crippen LogP contribution in [0.1, 0.15) is 34.3 Å². The molecule has 0 atom stereocenters. The fourth-order valence-electron chi connectivity index (χ4n) is 2.54. The van der Waals surface area contributed by atoms with Gasteiger partial charge in [-0.1, -0.05) is 5.16 Å². The van der Waals surface area contributed by atoms with E-state index in [2.05, 4.69) is 15.6 Å². The van der Waals surface area contributed by atoms with E-state index in [1.165, 1.54) is 6.20 Å². The molecule has 25 heavy (non-hydrogen) atoms. The summed E-state index contributed by atoms with van der Waals surface area (Å²) in [5.41, 5.74) is 2.95. The molecule has 130 valence electrons. The summed E-state index contributed by atoms with van der Waals surface area (Å²) in [6.45, 7) is 5.59. The third-order valence-corrected chi connectivity index (χ3v) is 3.82. The number of amides is 1. The zero-order chi connectivity index (χ0) is 18.0. The SMILES string of the molecule is CCOC(=O)c1cnn2ccc(NC(=O)Cc3c(C)noc3C)cc12. The topological polar surface area (TPSA) is 98.7 Å². The Bertz CT molecular complexity index is 922. The lowest BCUT2D eigenvalue weighted by molar-refractivity contribution is -0.115. The summed E-state index contributed by atoms with van der Waals surface area (Å²) >= 11 is 0. The Morgan fingerprint density at radius 3 is 2.84 bits per heavy atom. The normalized spacial score (nSPS) is 10.8. The Labute approximate surface area is 143 Å². The molecule has 8 nitrogen and oxygen atoms in total. The van der Waals surface area contributed by atoms with Gasteiger partial charge in [-0.25, -0.2) is 9.31 Å². The molecule has 3 heterocycles. The molecule has 8 heteroatoms. The molecule has 0 saturated carbocycles. The lowest BCUT2D eigenvalue weighted by Crippen LogP contribution is -2.15. The van der Waals surface area contributed by atoms with Crippen molar-refractivity contribution < 1.29 is 18.8 Å². The van der Waals surface area contributed by atoms with Crippen molar-refractivity contribution in [2.24, 2.45) is 0 Å². The van der Waals surface area contributed by atoms with E-state index in [4.69, 9.17) is 9.26 Å². The van der Waals surface area contributed by atoms with Crippen LogP contribution in [-0.2, 0) is 16.0 Å². The number of carbonyl (C=O) groups is 2. The summed E-state index contributed by atoms with van der Waals surface area (Å²) in [6, 6.07) is 3.39. The monoisotopic (exact) mass is 342 g/mol. The molecular weight excluding hydrogens is 324 g/mol. The number of esters is 1. The van der Waals surface area contributed by atoms with Gasteiger partial charge in [0.05, 0.1) is 30.4 Å². The van der Waals surface area contributed by atoms with Gasteiger partial charge in [-0.3, -0.25) is 4.79 Å². The maximum atomic E-state index is 12.3. The van der Waals surface area contributed by atoms with Crippen LogP contribution in [0.5, 0.6) is 0 Å². The predicted molar refractivity (Wildman–Crippen MR) is 89.5 cm³/mol. The van der Waals surface area contributed by atoms with Crippen LogP contribution in [0.25, 0.3) is 5.52 Å². The van der Waals surface area contributed by atoms with Gasteiger partial charge < -0.3 is 14.6 Å². The standard InChI is InChI=1S/C17H18N4O4/c1-4-24-17(23)14-9-18-21-6-5-12(7-15(14)21)19-16(22)8-13-10(2)20-25-11(13)3/h5-7,9H,4,8H2,1-3H3,(H,19,22). The molecule has 0 aromatic carbocycles. The lowest BCUT2D eigenvalue weighted by atomic mass is 10.1. The van der Waals surface area contributed by atoms with E-state index in [0.717, 1.165) is 5.56 Å². The first-order valence-electron chi connectivity index (χ1n) is 7.85. The fourth-order valence-corrected chi connectivity index (χ4v) is 2.54. The van der Waals surface area contributed by atoms with Crippen LogP contribution in [0.15, 0.2) is 29.0 Å². The molecule has 0 unspecified atom stereocenters. The third-order valence-electron chi connectivity index (χ3n) is 3.82. The molecule has 0 saturated heterocycles. The molecule has 3 rings (SSSR count). The minimum absolute atomic E-state index is 0.163. The Hall–Kier alpha value is -3.16. The van der Waals surface area contributed by atoms with Crippen molar-refractivity contribution in [2.45, 2.75) is 27.2 Å². The predicted octanol–water partition coefficient (Wildman–Crippen LogP) is 2.30. The van der Waals surface area contributed by atoms with Gasteiger partial charge in [-0.05, 0) is 32.9 Å². The van der Waals surface area contributed by atoms with E-state index in [9.17, 15) is 9.59 Å². The molecule has 0 aliphatic rings. The number of hydrogen-bond donors (Lipinski definition) is 1. The summed E-state index contributed by atoms with van der Waals surface area (Å²) in [5.74, 6) is -0.0175. The van der Waals surface area contributed by atoms with E-state index in [-0.39, 0.29) is 18.9 Å². The van der Waals surface area contributed by atoms with Crippen LogP contribution in [0.3, 0.4) is 0 Å². The number of pyridine rings is 1. The molecule has 1 N–H and O–H groups in total. The van der Waals surface area contributed by atoms with Crippen LogP contribution in [0.4, 0.5) is 5.69 Å². The second-order valence-electron chi connectivity index (χ2n) is 5.55. The molecule has 1 amide bonds. The van der Waals surface area contributed by atoms with Gasteiger partial charge >= 0.3 is 5.97 Å². The smallest absolute Gasteiger partial charge is 0.341 e. The van der Waals surface area contributed by atoms with E-state index < -0.39 is 5.97 Å². The number of hydrogen-bond acceptors (Lipinski definition) is 6. The molecular formula is C17H18N4O4. The van der Waals surface area contributed by atoms with Gasteiger partial charge in [-0.2, -0.15) is 5.10 Å². The van der Waals surface area contributed by atoms with Crippen molar-refractivity contribution in [3.05, 3.63) is 47.1 Å². The number of ether oxygens (including phenoxy) is 1. The Morgan fingerprint density at radius 1 is 1.36 bits per heavy atom. The number of nitrogens with zero attached hydrogens (tertiary/aromatic N) is 3. The summed E-state index contributed by atoms with van der Waals surface area (Å²) in [6.07, 6.45) is 3.28. The van der Waals surface area contributed by atoms with Gasteiger partial charge in [0.15, 0.2) is 0 Å². The fraction of sp³-hybridized carbons (Fsp3) is 0.294. The number of nitrogens with one attached hydrogen (secondary N) is 1. The Kier molecular flexibility index (Phi) is 4.51. The number of aryl methyl sites for hydroxylation is 2. The lowest BCUT2D eigenvalue weighted by Gasteiger charge is -2.06. The van der Waals surface area contributed by atoms with Gasteiger partial charge in [-0.15, -0.1) is 0 Å². The van der Waals surface area contributed by atoms with Gasteiger partial charge in [0.2, 0.25) is 5.91 Å².